The Morgan fingerprint density at radius 2 is 0.540 bits per heavy atom. The van der Waals surface area contributed by atoms with Crippen LogP contribution in [-0.4, -0.2) is 96.7 Å². The highest BCUT2D eigenvalue weighted by atomic mass is 31.2. The number of phosphoric ester groups is 2. The van der Waals surface area contributed by atoms with Gasteiger partial charge in [0.25, 0.3) is 0 Å². The van der Waals surface area contributed by atoms with Crippen LogP contribution in [0.15, 0.2) is 24.3 Å². The Morgan fingerprint density at radius 3 is 0.820 bits per heavy atom. The van der Waals surface area contributed by atoms with Crippen molar-refractivity contribution in [1.29, 1.82) is 0 Å². The molecule has 0 spiro atoms. The molecule has 0 bridgehead atoms. The molecule has 0 aromatic carbocycles. The van der Waals surface area contributed by atoms with Crippen LogP contribution in [-0.2, 0) is 65.4 Å². The number of carbonyl (C=O) groups is 4. The molecular formula is C81H154O17P2. The Kier molecular flexibility index (Phi) is 70.3. The van der Waals surface area contributed by atoms with Crippen LogP contribution in [0.3, 0.4) is 0 Å². The molecule has 19 heteroatoms. The highest BCUT2D eigenvalue weighted by Crippen LogP contribution is 2.45. The molecule has 3 N–H and O–H groups in total. The third-order valence-electron chi connectivity index (χ3n) is 18.3. The summed E-state index contributed by atoms with van der Waals surface area (Å²) >= 11 is 0. The number of esters is 4. The molecule has 0 amide bonds. The first-order valence-corrected chi connectivity index (χ1v) is 44.3. The summed E-state index contributed by atoms with van der Waals surface area (Å²) in [4.78, 5) is 73.0. The molecule has 0 saturated carbocycles. The minimum Gasteiger partial charge on any atom is -0.462 e. The summed E-state index contributed by atoms with van der Waals surface area (Å²) in [5.41, 5.74) is 0. The van der Waals surface area contributed by atoms with Crippen molar-refractivity contribution < 1.29 is 80.2 Å². The number of hydrogen-bond acceptors (Lipinski definition) is 15. The standard InChI is InChI=1S/C81H154O17P2/c1-7-9-11-13-15-17-19-21-24-29-32-39-45-51-57-63-78(83)91-69-76(97-81(86)66-60-54-48-42-34-30-26-23-25-27-31-37-43-49-55-61-73(3)4)71-95-99(87,88)93-67-75(82)68-94-100(89,90)96-72-77(70-92-79(84)64-58-52-46-40-36-35-38-44-50-56-62-74(5)6)98-80(85)65-59-53-47-41-33-28-22-20-18-16-14-12-10-8-2/h17,19,21,24,73-77,82H,7-16,18,20,22-23,25-72H2,1-6H3,(H,87,88)(H,89,90)/b19-17-,24-21-/t75-,76-,77-/m1/s1. The molecule has 0 aromatic heterocycles. The number of rotatable bonds is 78. The van der Waals surface area contributed by atoms with Crippen LogP contribution in [0.5, 0.6) is 0 Å². The van der Waals surface area contributed by atoms with Gasteiger partial charge in [-0.25, -0.2) is 9.13 Å². The molecule has 0 saturated heterocycles. The predicted octanol–water partition coefficient (Wildman–Crippen LogP) is 23.8. The molecule has 0 aliphatic heterocycles. The van der Waals surface area contributed by atoms with Gasteiger partial charge in [0, 0.05) is 25.7 Å². The lowest BCUT2D eigenvalue weighted by Gasteiger charge is -2.21. The fourth-order valence-electron chi connectivity index (χ4n) is 12.0. The van der Waals surface area contributed by atoms with Gasteiger partial charge in [0.1, 0.15) is 19.3 Å². The van der Waals surface area contributed by atoms with Gasteiger partial charge in [-0.1, -0.05) is 348 Å². The average Bonchev–Trinajstić information content (AvgIpc) is 1.18. The van der Waals surface area contributed by atoms with Gasteiger partial charge in [-0.2, -0.15) is 0 Å². The molecule has 0 radical (unpaired) electrons. The lowest BCUT2D eigenvalue weighted by atomic mass is 10.0. The van der Waals surface area contributed by atoms with Gasteiger partial charge < -0.3 is 33.8 Å². The fourth-order valence-corrected chi connectivity index (χ4v) is 13.6. The molecule has 100 heavy (non-hydrogen) atoms. The lowest BCUT2D eigenvalue weighted by molar-refractivity contribution is -0.161. The summed E-state index contributed by atoms with van der Waals surface area (Å²) < 4.78 is 68.7. The van der Waals surface area contributed by atoms with Gasteiger partial charge in [0.2, 0.25) is 0 Å². The van der Waals surface area contributed by atoms with E-state index in [2.05, 4.69) is 65.8 Å². The van der Waals surface area contributed by atoms with Crippen molar-refractivity contribution in [1.82, 2.24) is 0 Å². The summed E-state index contributed by atoms with van der Waals surface area (Å²) in [5.74, 6) is -0.579. The maximum absolute atomic E-state index is 13.1. The van der Waals surface area contributed by atoms with Crippen LogP contribution < -0.4 is 0 Å². The Labute approximate surface area is 612 Å². The summed E-state index contributed by atoms with van der Waals surface area (Å²) in [6.07, 6.45) is 64.5. The number of unbranched alkanes of at least 4 members (excludes halogenated alkanes) is 45. The van der Waals surface area contributed by atoms with Crippen LogP contribution in [0.2, 0.25) is 0 Å². The van der Waals surface area contributed by atoms with Crippen molar-refractivity contribution in [2.45, 2.75) is 419 Å². The molecule has 0 rings (SSSR count). The zero-order valence-corrected chi connectivity index (χ0v) is 66.8. The van der Waals surface area contributed by atoms with E-state index in [0.29, 0.717) is 25.7 Å². The van der Waals surface area contributed by atoms with Gasteiger partial charge in [-0.3, -0.25) is 37.3 Å². The SMILES string of the molecule is CCCCCC/C=C\C=C/CCCCCCCC(=O)OC[C@H](COP(=O)(O)OC[C@@H](O)COP(=O)(O)OC[C@@H](COC(=O)CCCCCCCCCCCCC(C)C)OC(=O)CCCCCCCCCCCCCCCC)OC(=O)CCCCCCCCCCCCCCCCCC(C)C. The van der Waals surface area contributed by atoms with E-state index in [4.69, 9.17) is 37.0 Å². The zero-order chi connectivity index (χ0) is 73.5. The molecule has 2 unspecified atom stereocenters. The molecule has 0 aliphatic carbocycles. The summed E-state index contributed by atoms with van der Waals surface area (Å²) in [6, 6.07) is 0. The number of phosphoric acid groups is 2. The summed E-state index contributed by atoms with van der Waals surface area (Å²) in [7, 11) is -9.93. The van der Waals surface area contributed by atoms with Crippen molar-refractivity contribution in [3.63, 3.8) is 0 Å². The number of ether oxygens (including phenoxy) is 4. The third-order valence-corrected chi connectivity index (χ3v) is 20.2. The number of aliphatic hydroxyl groups excluding tert-OH is 1. The van der Waals surface area contributed by atoms with E-state index in [-0.39, 0.29) is 25.7 Å². The zero-order valence-electron chi connectivity index (χ0n) is 65.0. The molecule has 17 nitrogen and oxygen atoms in total. The van der Waals surface area contributed by atoms with Crippen molar-refractivity contribution in [2.24, 2.45) is 11.8 Å². The second-order valence-electron chi connectivity index (χ2n) is 29.4. The average molecular weight is 1460 g/mol. The quantitative estimate of drug-likeness (QED) is 0.0169. The van der Waals surface area contributed by atoms with Crippen LogP contribution in [0, 0.1) is 11.8 Å². The minimum absolute atomic E-state index is 0.101. The van der Waals surface area contributed by atoms with Crippen molar-refractivity contribution in [3.05, 3.63) is 24.3 Å². The normalized spacial score (nSPS) is 14.1. The Hall–Kier alpha value is -2.46. The van der Waals surface area contributed by atoms with Crippen LogP contribution in [0.25, 0.3) is 0 Å². The predicted molar refractivity (Wildman–Crippen MR) is 409 cm³/mol. The molecule has 0 aliphatic rings. The number of hydrogen-bond donors (Lipinski definition) is 3. The van der Waals surface area contributed by atoms with E-state index in [1.807, 2.05) is 0 Å². The largest absolute Gasteiger partial charge is 0.472 e. The van der Waals surface area contributed by atoms with Crippen molar-refractivity contribution >= 4 is 39.5 Å². The van der Waals surface area contributed by atoms with Crippen LogP contribution in [0.1, 0.15) is 401 Å². The first-order chi connectivity index (χ1) is 48.4. The highest BCUT2D eigenvalue weighted by molar-refractivity contribution is 7.47. The highest BCUT2D eigenvalue weighted by Gasteiger charge is 2.30. The van der Waals surface area contributed by atoms with E-state index < -0.39 is 97.5 Å². The topological polar surface area (TPSA) is 237 Å². The van der Waals surface area contributed by atoms with Gasteiger partial charge in [0.15, 0.2) is 12.2 Å². The van der Waals surface area contributed by atoms with Crippen LogP contribution in [0.4, 0.5) is 0 Å². The van der Waals surface area contributed by atoms with E-state index in [1.165, 1.54) is 199 Å². The van der Waals surface area contributed by atoms with E-state index in [0.717, 1.165) is 121 Å². The Balaban J connectivity index is 5.30. The number of aliphatic hydroxyl groups is 1. The maximum Gasteiger partial charge on any atom is 0.472 e. The first kappa shape index (κ1) is 97.5. The van der Waals surface area contributed by atoms with Crippen molar-refractivity contribution in [2.75, 3.05) is 39.6 Å². The first-order valence-electron chi connectivity index (χ1n) is 41.3. The van der Waals surface area contributed by atoms with Gasteiger partial charge in [-0.05, 0) is 63.2 Å². The second kappa shape index (κ2) is 72.1. The van der Waals surface area contributed by atoms with Crippen molar-refractivity contribution in [3.8, 4) is 0 Å². The Morgan fingerprint density at radius 1 is 0.310 bits per heavy atom. The van der Waals surface area contributed by atoms with E-state index in [9.17, 15) is 43.2 Å². The molecule has 0 aromatic rings. The minimum atomic E-state index is -4.97. The molecule has 0 fully saturated rings. The van der Waals surface area contributed by atoms with Crippen LogP contribution >= 0.6 is 15.6 Å². The van der Waals surface area contributed by atoms with Gasteiger partial charge in [-0.15, -0.1) is 0 Å². The van der Waals surface area contributed by atoms with E-state index >= 15 is 0 Å². The second-order valence-corrected chi connectivity index (χ2v) is 32.3. The fraction of sp³-hybridized carbons (Fsp3) is 0.901. The lowest BCUT2D eigenvalue weighted by Crippen LogP contribution is -2.30. The third kappa shape index (κ3) is 73.8. The molecule has 5 atom stereocenters. The summed E-state index contributed by atoms with van der Waals surface area (Å²) in [5, 5.41) is 10.6. The molecule has 0 heterocycles. The Bertz CT molecular complexity index is 2020. The number of allylic oxidation sites excluding steroid dienone is 4. The smallest absolute Gasteiger partial charge is 0.462 e. The number of carbonyl (C=O) groups excluding carboxylic acids is 4. The summed E-state index contributed by atoms with van der Waals surface area (Å²) in [6.45, 7) is 9.59. The molecule has 590 valence electrons. The molecular weight excluding hydrogens is 1310 g/mol. The van der Waals surface area contributed by atoms with Gasteiger partial charge >= 0.3 is 39.5 Å². The van der Waals surface area contributed by atoms with E-state index in [1.54, 1.807) is 0 Å². The van der Waals surface area contributed by atoms with Gasteiger partial charge in [0.05, 0.1) is 26.4 Å². The maximum atomic E-state index is 13.1. The monoisotopic (exact) mass is 1460 g/mol.